The van der Waals surface area contributed by atoms with E-state index in [4.69, 9.17) is 9.84 Å². The van der Waals surface area contributed by atoms with Crippen LogP contribution in [0.25, 0.3) is 0 Å². The van der Waals surface area contributed by atoms with Gasteiger partial charge in [0.2, 0.25) is 0 Å². The van der Waals surface area contributed by atoms with E-state index in [2.05, 4.69) is 23.5 Å². The van der Waals surface area contributed by atoms with Crippen LogP contribution in [-0.4, -0.2) is 30.9 Å². The fourth-order valence-corrected chi connectivity index (χ4v) is 1.92. The first-order valence-electron chi connectivity index (χ1n) is 5.88. The fourth-order valence-electron chi connectivity index (χ4n) is 1.92. The molecule has 2 rings (SSSR count). The summed E-state index contributed by atoms with van der Waals surface area (Å²) in [5.74, 6) is 1.04. The van der Waals surface area contributed by atoms with Crippen molar-refractivity contribution in [3.8, 4) is 5.75 Å². The largest absolute Gasteiger partial charge is 0.493 e. The summed E-state index contributed by atoms with van der Waals surface area (Å²) in [4.78, 5) is 0. The van der Waals surface area contributed by atoms with Crippen LogP contribution in [0.1, 0.15) is 18.1 Å². The van der Waals surface area contributed by atoms with Crippen LogP contribution in [0.4, 0.5) is 0 Å². The van der Waals surface area contributed by atoms with Crippen molar-refractivity contribution in [1.82, 2.24) is 5.32 Å². The molecule has 0 bridgehead atoms. The Morgan fingerprint density at radius 3 is 3.19 bits per heavy atom. The van der Waals surface area contributed by atoms with Gasteiger partial charge in [0.15, 0.2) is 0 Å². The molecule has 1 heterocycles. The zero-order valence-electron chi connectivity index (χ0n) is 9.70. The Balaban J connectivity index is 1.86. The Hall–Kier alpha value is -1.06. The quantitative estimate of drug-likeness (QED) is 0.783. The first-order chi connectivity index (χ1) is 7.79. The molecule has 0 fully saturated rings. The average Bonchev–Trinajstić information content (AvgIpc) is 2.76. The second-order valence-corrected chi connectivity index (χ2v) is 4.33. The van der Waals surface area contributed by atoms with Gasteiger partial charge in [0.1, 0.15) is 5.75 Å². The topological polar surface area (TPSA) is 41.5 Å². The number of nitrogens with one attached hydrogen (secondary N) is 1. The number of benzene rings is 1. The van der Waals surface area contributed by atoms with Gasteiger partial charge in [0.05, 0.1) is 13.2 Å². The van der Waals surface area contributed by atoms with Gasteiger partial charge in [-0.25, -0.2) is 0 Å². The highest BCUT2D eigenvalue weighted by Gasteiger charge is 2.11. The van der Waals surface area contributed by atoms with Gasteiger partial charge in [-0.15, -0.1) is 0 Å². The summed E-state index contributed by atoms with van der Waals surface area (Å²) >= 11 is 0. The van der Waals surface area contributed by atoms with E-state index >= 15 is 0 Å². The van der Waals surface area contributed by atoms with Crippen molar-refractivity contribution in [3.63, 3.8) is 0 Å². The smallest absolute Gasteiger partial charge is 0.122 e. The van der Waals surface area contributed by atoms with Crippen molar-refractivity contribution < 1.29 is 9.84 Å². The minimum absolute atomic E-state index is 0.178. The molecule has 0 aromatic heterocycles. The molecule has 1 aliphatic rings. The van der Waals surface area contributed by atoms with Crippen LogP contribution in [-0.2, 0) is 12.8 Å². The average molecular weight is 221 g/mol. The maximum absolute atomic E-state index is 8.88. The van der Waals surface area contributed by atoms with Crippen molar-refractivity contribution in [2.75, 3.05) is 19.8 Å². The molecule has 0 saturated heterocycles. The fraction of sp³-hybridized carbons (Fsp3) is 0.538. The molecule has 2 N–H and O–H groups in total. The molecule has 1 atom stereocenters. The minimum atomic E-state index is 0.178. The summed E-state index contributed by atoms with van der Waals surface area (Å²) in [6.07, 6.45) is 2.03. The van der Waals surface area contributed by atoms with Crippen LogP contribution in [0.3, 0.4) is 0 Å². The summed E-state index contributed by atoms with van der Waals surface area (Å²) in [5, 5.41) is 12.1. The molecule has 3 heteroatoms. The molecule has 1 aromatic rings. The molecule has 0 saturated carbocycles. The Morgan fingerprint density at radius 2 is 2.38 bits per heavy atom. The Morgan fingerprint density at radius 1 is 1.50 bits per heavy atom. The molecular weight excluding hydrogens is 202 g/mol. The SMILES string of the molecule is CC(CO)NCCc1ccc2c(c1)CCO2. The highest BCUT2D eigenvalue weighted by molar-refractivity contribution is 5.39. The molecule has 0 spiro atoms. The third-order valence-corrected chi connectivity index (χ3v) is 2.93. The van der Waals surface area contributed by atoms with Crippen LogP contribution >= 0.6 is 0 Å². The predicted octanol–water partition coefficient (Wildman–Crippen LogP) is 1.13. The van der Waals surface area contributed by atoms with Gasteiger partial charge in [-0.05, 0) is 37.1 Å². The van der Waals surface area contributed by atoms with Gasteiger partial charge in [0, 0.05) is 12.5 Å². The molecule has 1 unspecified atom stereocenters. The van der Waals surface area contributed by atoms with Crippen molar-refractivity contribution in [3.05, 3.63) is 29.3 Å². The molecule has 1 aliphatic heterocycles. The van der Waals surface area contributed by atoms with Crippen LogP contribution < -0.4 is 10.1 Å². The zero-order chi connectivity index (χ0) is 11.4. The van der Waals surface area contributed by atoms with Crippen molar-refractivity contribution in [2.45, 2.75) is 25.8 Å². The normalized spacial score (nSPS) is 15.6. The molecule has 0 amide bonds. The van der Waals surface area contributed by atoms with Gasteiger partial charge in [0.25, 0.3) is 0 Å². The Labute approximate surface area is 96.4 Å². The summed E-state index contributed by atoms with van der Waals surface area (Å²) in [7, 11) is 0. The third kappa shape index (κ3) is 2.74. The lowest BCUT2D eigenvalue weighted by atomic mass is 10.1. The second-order valence-electron chi connectivity index (χ2n) is 4.33. The minimum Gasteiger partial charge on any atom is -0.493 e. The van der Waals surface area contributed by atoms with Gasteiger partial charge in [-0.2, -0.15) is 0 Å². The first-order valence-corrected chi connectivity index (χ1v) is 5.88. The lowest BCUT2D eigenvalue weighted by Gasteiger charge is -2.10. The van der Waals surface area contributed by atoms with Gasteiger partial charge in [-0.3, -0.25) is 0 Å². The van der Waals surface area contributed by atoms with E-state index in [0.717, 1.165) is 31.7 Å². The number of hydrogen-bond donors (Lipinski definition) is 2. The number of aliphatic hydroxyl groups excluding tert-OH is 1. The zero-order valence-corrected chi connectivity index (χ0v) is 9.70. The van der Waals surface area contributed by atoms with Crippen molar-refractivity contribution >= 4 is 0 Å². The number of ether oxygens (including phenoxy) is 1. The van der Waals surface area contributed by atoms with Gasteiger partial charge >= 0.3 is 0 Å². The maximum Gasteiger partial charge on any atom is 0.122 e. The van der Waals surface area contributed by atoms with Crippen LogP contribution in [0.5, 0.6) is 5.75 Å². The monoisotopic (exact) mass is 221 g/mol. The highest BCUT2D eigenvalue weighted by Crippen LogP contribution is 2.25. The summed E-state index contributed by atoms with van der Waals surface area (Å²) < 4.78 is 5.46. The molecule has 88 valence electrons. The predicted molar refractivity (Wildman–Crippen MR) is 63.9 cm³/mol. The van der Waals surface area contributed by atoms with Gasteiger partial charge < -0.3 is 15.2 Å². The van der Waals surface area contributed by atoms with Crippen LogP contribution in [0.2, 0.25) is 0 Å². The number of fused-ring (bicyclic) bond motifs is 1. The van der Waals surface area contributed by atoms with E-state index in [1.165, 1.54) is 11.1 Å². The Kier molecular flexibility index (Phi) is 3.80. The highest BCUT2D eigenvalue weighted by atomic mass is 16.5. The number of hydrogen-bond acceptors (Lipinski definition) is 3. The van der Waals surface area contributed by atoms with Crippen LogP contribution in [0, 0.1) is 0 Å². The summed E-state index contributed by atoms with van der Waals surface area (Å²) in [6.45, 7) is 3.90. The third-order valence-electron chi connectivity index (χ3n) is 2.93. The second kappa shape index (κ2) is 5.32. The summed E-state index contributed by atoms with van der Waals surface area (Å²) in [5.41, 5.74) is 2.66. The maximum atomic E-state index is 8.88. The number of rotatable bonds is 5. The molecule has 0 radical (unpaired) electrons. The number of aliphatic hydroxyl groups is 1. The molecular formula is C13H19NO2. The standard InChI is InChI=1S/C13H19NO2/c1-10(9-15)14-6-4-11-2-3-13-12(8-11)5-7-16-13/h2-3,8,10,14-15H,4-7,9H2,1H3. The molecule has 3 nitrogen and oxygen atoms in total. The van der Waals surface area contributed by atoms with Crippen LogP contribution in [0.15, 0.2) is 18.2 Å². The van der Waals surface area contributed by atoms with E-state index in [-0.39, 0.29) is 12.6 Å². The van der Waals surface area contributed by atoms with E-state index in [0.29, 0.717) is 0 Å². The Bertz CT molecular complexity index is 352. The van der Waals surface area contributed by atoms with Crippen molar-refractivity contribution in [1.29, 1.82) is 0 Å². The van der Waals surface area contributed by atoms with Crippen molar-refractivity contribution in [2.24, 2.45) is 0 Å². The van der Waals surface area contributed by atoms with E-state index in [1.54, 1.807) is 0 Å². The van der Waals surface area contributed by atoms with E-state index in [1.807, 2.05) is 6.92 Å². The molecule has 0 aliphatic carbocycles. The molecule has 1 aromatic carbocycles. The lowest BCUT2D eigenvalue weighted by Crippen LogP contribution is -2.30. The van der Waals surface area contributed by atoms with Gasteiger partial charge in [-0.1, -0.05) is 12.1 Å². The lowest BCUT2D eigenvalue weighted by molar-refractivity contribution is 0.252. The van der Waals surface area contributed by atoms with E-state index in [9.17, 15) is 0 Å². The van der Waals surface area contributed by atoms with E-state index < -0.39 is 0 Å². The summed E-state index contributed by atoms with van der Waals surface area (Å²) in [6, 6.07) is 6.59. The first kappa shape index (κ1) is 11.4. The molecule has 16 heavy (non-hydrogen) atoms.